The third kappa shape index (κ3) is 2.85. The van der Waals surface area contributed by atoms with Crippen LogP contribution < -0.4 is 10.9 Å². The van der Waals surface area contributed by atoms with E-state index in [-0.39, 0.29) is 12.2 Å². The summed E-state index contributed by atoms with van der Waals surface area (Å²) in [5.74, 6) is 0. The zero-order valence-corrected chi connectivity index (χ0v) is 11.9. The Labute approximate surface area is 118 Å². The zero-order chi connectivity index (χ0) is 13.9. The SMILES string of the molecule is CC(CO)(Nc1cn[nH]c(=O)c1Br)c1ccccc1. The lowest BCUT2D eigenvalue weighted by Gasteiger charge is -2.30. The second-order valence-electron chi connectivity index (χ2n) is 4.41. The number of H-pyrrole nitrogens is 1. The average molecular weight is 324 g/mol. The Morgan fingerprint density at radius 1 is 1.42 bits per heavy atom. The van der Waals surface area contributed by atoms with Crippen LogP contribution in [0.1, 0.15) is 12.5 Å². The number of anilines is 1. The number of rotatable bonds is 4. The van der Waals surface area contributed by atoms with Crippen LogP contribution in [0.2, 0.25) is 0 Å². The lowest BCUT2D eigenvalue weighted by molar-refractivity contribution is 0.224. The van der Waals surface area contributed by atoms with E-state index in [9.17, 15) is 9.90 Å². The van der Waals surface area contributed by atoms with E-state index in [1.54, 1.807) is 0 Å². The minimum atomic E-state index is -0.695. The van der Waals surface area contributed by atoms with Gasteiger partial charge in [0.1, 0.15) is 4.47 Å². The van der Waals surface area contributed by atoms with E-state index in [2.05, 4.69) is 31.4 Å². The number of nitrogens with one attached hydrogen (secondary N) is 2. The quantitative estimate of drug-likeness (QED) is 0.802. The first-order valence-corrected chi connectivity index (χ1v) is 6.54. The van der Waals surface area contributed by atoms with Crippen LogP contribution >= 0.6 is 15.9 Å². The first-order chi connectivity index (χ1) is 9.07. The Morgan fingerprint density at radius 3 is 2.74 bits per heavy atom. The second kappa shape index (κ2) is 5.54. The van der Waals surface area contributed by atoms with Crippen molar-refractivity contribution in [1.29, 1.82) is 0 Å². The van der Waals surface area contributed by atoms with Gasteiger partial charge >= 0.3 is 0 Å². The number of aliphatic hydroxyl groups excluding tert-OH is 1. The normalized spacial score (nSPS) is 13.8. The zero-order valence-electron chi connectivity index (χ0n) is 10.4. The summed E-state index contributed by atoms with van der Waals surface area (Å²) >= 11 is 3.21. The van der Waals surface area contributed by atoms with E-state index < -0.39 is 5.54 Å². The molecule has 0 radical (unpaired) electrons. The average Bonchev–Trinajstić information content (AvgIpc) is 2.45. The molecular formula is C13H14BrN3O2. The summed E-state index contributed by atoms with van der Waals surface area (Å²) in [5.41, 5.74) is 0.436. The lowest BCUT2D eigenvalue weighted by Crippen LogP contribution is -2.36. The standard InChI is InChI=1S/C13H14BrN3O2/c1-13(8-18,9-5-3-2-4-6-9)16-10-7-15-17-12(19)11(10)14/h2-7,18H,8H2,1H3,(H2,16,17,19). The molecule has 0 saturated carbocycles. The van der Waals surface area contributed by atoms with Crippen molar-refractivity contribution in [2.45, 2.75) is 12.5 Å². The molecule has 2 rings (SSSR count). The van der Waals surface area contributed by atoms with Crippen molar-refractivity contribution in [2.75, 3.05) is 11.9 Å². The van der Waals surface area contributed by atoms with Crippen molar-refractivity contribution in [2.24, 2.45) is 0 Å². The maximum atomic E-state index is 11.5. The summed E-state index contributed by atoms with van der Waals surface area (Å²) in [4.78, 5) is 11.5. The molecular weight excluding hydrogens is 310 g/mol. The molecule has 1 atom stereocenters. The molecule has 0 amide bonds. The van der Waals surface area contributed by atoms with Crippen LogP contribution in [0.4, 0.5) is 5.69 Å². The van der Waals surface area contributed by atoms with Gasteiger partial charge in [-0.25, -0.2) is 5.10 Å². The van der Waals surface area contributed by atoms with Gasteiger partial charge in [0, 0.05) is 0 Å². The summed E-state index contributed by atoms with van der Waals surface area (Å²) in [6, 6.07) is 9.54. The van der Waals surface area contributed by atoms with E-state index in [1.807, 2.05) is 37.3 Å². The molecule has 0 fully saturated rings. The molecule has 0 aliphatic carbocycles. The highest BCUT2D eigenvalue weighted by Gasteiger charge is 2.26. The fraction of sp³-hybridized carbons (Fsp3) is 0.231. The smallest absolute Gasteiger partial charge is 0.280 e. The predicted octanol–water partition coefficient (Wildman–Crippen LogP) is 1.85. The van der Waals surface area contributed by atoms with Crippen molar-refractivity contribution in [1.82, 2.24) is 10.2 Å². The van der Waals surface area contributed by atoms with Crippen molar-refractivity contribution >= 4 is 21.6 Å². The number of benzene rings is 1. The van der Waals surface area contributed by atoms with Gasteiger partial charge < -0.3 is 10.4 Å². The van der Waals surface area contributed by atoms with Crippen LogP contribution in [-0.4, -0.2) is 21.9 Å². The molecule has 2 aromatic rings. The Morgan fingerprint density at radius 2 is 2.11 bits per heavy atom. The van der Waals surface area contributed by atoms with Crippen LogP contribution in [0.25, 0.3) is 0 Å². The Hall–Kier alpha value is -1.66. The molecule has 1 heterocycles. The number of aliphatic hydroxyl groups is 1. The highest BCUT2D eigenvalue weighted by atomic mass is 79.9. The van der Waals surface area contributed by atoms with Crippen LogP contribution in [0.15, 0.2) is 45.8 Å². The summed E-state index contributed by atoms with van der Waals surface area (Å²) in [6.07, 6.45) is 1.50. The summed E-state index contributed by atoms with van der Waals surface area (Å²) in [7, 11) is 0. The lowest BCUT2D eigenvalue weighted by atomic mass is 9.92. The Kier molecular flexibility index (Phi) is 4.01. The topological polar surface area (TPSA) is 78.0 Å². The molecule has 0 spiro atoms. The van der Waals surface area contributed by atoms with Gasteiger partial charge in [-0.2, -0.15) is 5.10 Å². The predicted molar refractivity (Wildman–Crippen MR) is 77.1 cm³/mol. The molecule has 3 N–H and O–H groups in total. The minimum Gasteiger partial charge on any atom is -0.394 e. The maximum absolute atomic E-state index is 11.5. The molecule has 1 aromatic heterocycles. The fourth-order valence-electron chi connectivity index (χ4n) is 1.78. The van der Waals surface area contributed by atoms with Gasteiger partial charge in [-0.1, -0.05) is 30.3 Å². The number of halogens is 1. The fourth-order valence-corrected chi connectivity index (χ4v) is 2.07. The largest absolute Gasteiger partial charge is 0.394 e. The van der Waals surface area contributed by atoms with Gasteiger partial charge in [-0.3, -0.25) is 4.79 Å². The van der Waals surface area contributed by atoms with Crippen molar-refractivity contribution in [3.05, 3.63) is 56.9 Å². The Balaban J connectivity index is 2.39. The van der Waals surface area contributed by atoms with Gasteiger partial charge in [0.25, 0.3) is 5.56 Å². The first kappa shape index (κ1) is 13.8. The Bertz CT molecular complexity index is 615. The summed E-state index contributed by atoms with van der Waals surface area (Å²) < 4.78 is 0.359. The highest BCUT2D eigenvalue weighted by Crippen LogP contribution is 2.27. The van der Waals surface area contributed by atoms with E-state index in [4.69, 9.17) is 0 Å². The molecule has 1 unspecified atom stereocenters. The van der Waals surface area contributed by atoms with E-state index in [0.717, 1.165) is 5.56 Å². The van der Waals surface area contributed by atoms with Crippen molar-refractivity contribution in [3.8, 4) is 0 Å². The highest BCUT2D eigenvalue weighted by molar-refractivity contribution is 9.10. The van der Waals surface area contributed by atoms with Gasteiger partial charge in [0.15, 0.2) is 0 Å². The molecule has 5 nitrogen and oxygen atoms in total. The number of aromatic nitrogens is 2. The summed E-state index contributed by atoms with van der Waals surface area (Å²) in [6.45, 7) is 1.74. The van der Waals surface area contributed by atoms with Crippen LogP contribution in [-0.2, 0) is 5.54 Å². The van der Waals surface area contributed by atoms with Gasteiger partial charge in [0.05, 0.1) is 24.0 Å². The molecule has 6 heteroatoms. The maximum Gasteiger partial charge on any atom is 0.280 e. The van der Waals surface area contributed by atoms with E-state index in [0.29, 0.717) is 10.2 Å². The van der Waals surface area contributed by atoms with Gasteiger partial charge in [-0.15, -0.1) is 0 Å². The monoisotopic (exact) mass is 323 g/mol. The third-order valence-electron chi connectivity index (χ3n) is 2.93. The van der Waals surface area contributed by atoms with Crippen LogP contribution in [0.3, 0.4) is 0 Å². The molecule has 1 aromatic carbocycles. The first-order valence-electron chi connectivity index (χ1n) is 5.74. The number of hydrogen-bond acceptors (Lipinski definition) is 4. The summed E-state index contributed by atoms with van der Waals surface area (Å²) in [5, 5.41) is 18.9. The van der Waals surface area contributed by atoms with Crippen LogP contribution in [0, 0.1) is 0 Å². The third-order valence-corrected chi connectivity index (χ3v) is 3.72. The number of hydrogen-bond donors (Lipinski definition) is 3. The molecule has 19 heavy (non-hydrogen) atoms. The number of aromatic amines is 1. The van der Waals surface area contributed by atoms with E-state index in [1.165, 1.54) is 6.20 Å². The van der Waals surface area contributed by atoms with Crippen molar-refractivity contribution in [3.63, 3.8) is 0 Å². The molecule has 0 bridgehead atoms. The van der Waals surface area contributed by atoms with Gasteiger partial charge in [-0.05, 0) is 28.4 Å². The number of nitrogens with zero attached hydrogens (tertiary/aromatic N) is 1. The molecule has 0 aliphatic heterocycles. The second-order valence-corrected chi connectivity index (χ2v) is 5.20. The minimum absolute atomic E-state index is 0.115. The van der Waals surface area contributed by atoms with Crippen LogP contribution in [0.5, 0.6) is 0 Å². The molecule has 100 valence electrons. The van der Waals surface area contributed by atoms with Crippen molar-refractivity contribution < 1.29 is 5.11 Å². The van der Waals surface area contributed by atoms with Gasteiger partial charge in [0.2, 0.25) is 0 Å². The molecule has 0 aliphatic rings. The molecule has 0 saturated heterocycles. The van der Waals surface area contributed by atoms with E-state index >= 15 is 0 Å².